The van der Waals surface area contributed by atoms with Crippen LogP contribution in [0.2, 0.25) is 0 Å². The Hall–Kier alpha value is -3.25. The molecule has 1 aliphatic rings. The number of rotatable bonds is 6. The van der Waals surface area contributed by atoms with Gasteiger partial charge in [0.1, 0.15) is 16.3 Å². The molecule has 0 aliphatic carbocycles. The zero-order valence-corrected chi connectivity index (χ0v) is 22.1. The molecule has 0 saturated carbocycles. The summed E-state index contributed by atoms with van der Waals surface area (Å²) in [5.74, 6) is -0.323. The van der Waals surface area contributed by atoms with Crippen LogP contribution in [0.25, 0.3) is 10.4 Å². The van der Waals surface area contributed by atoms with E-state index in [1.165, 1.54) is 16.2 Å². The number of halogens is 3. The van der Waals surface area contributed by atoms with Gasteiger partial charge >= 0.3 is 12.3 Å². The fourth-order valence-corrected chi connectivity index (χ4v) is 5.89. The first-order chi connectivity index (χ1) is 17.7. The summed E-state index contributed by atoms with van der Waals surface area (Å²) in [4.78, 5) is 25.5. The Balaban J connectivity index is 1.59. The minimum absolute atomic E-state index is 0.151. The summed E-state index contributed by atoms with van der Waals surface area (Å²) in [6.45, 7) is 6.85. The molecule has 1 unspecified atom stereocenters. The zero-order chi connectivity index (χ0) is 27.7. The maximum absolute atomic E-state index is 13.0. The predicted molar refractivity (Wildman–Crippen MR) is 138 cm³/mol. The van der Waals surface area contributed by atoms with Crippen molar-refractivity contribution in [2.45, 2.75) is 51.8 Å². The fourth-order valence-electron chi connectivity index (χ4n) is 4.82. The molecule has 12 heteroatoms. The van der Waals surface area contributed by atoms with Gasteiger partial charge in [0, 0.05) is 31.2 Å². The Morgan fingerprint density at radius 2 is 1.87 bits per heavy atom. The second-order valence-corrected chi connectivity index (χ2v) is 11.7. The second-order valence-electron chi connectivity index (χ2n) is 10.7. The summed E-state index contributed by atoms with van der Waals surface area (Å²) < 4.78 is 39.0. The van der Waals surface area contributed by atoms with Crippen LogP contribution in [0.4, 0.5) is 29.6 Å². The first kappa shape index (κ1) is 27.8. The number of benzene rings is 1. The number of aliphatic hydroxyl groups is 1. The lowest BCUT2D eigenvalue weighted by Crippen LogP contribution is -2.46. The molecule has 1 amide bonds. The monoisotopic (exact) mass is 549 g/mol. The normalized spacial score (nSPS) is 16.8. The number of anilines is 2. The summed E-state index contributed by atoms with van der Waals surface area (Å²) >= 11 is 1.36. The Kier molecular flexibility index (Phi) is 7.67. The van der Waals surface area contributed by atoms with Crippen LogP contribution in [0.5, 0.6) is 0 Å². The van der Waals surface area contributed by atoms with Gasteiger partial charge in [-0.2, -0.15) is 13.2 Å². The number of carbonyl (C=O) groups is 1. The lowest BCUT2D eigenvalue weighted by Gasteiger charge is -2.42. The number of nitrogens with one attached hydrogen (secondary N) is 1. The van der Waals surface area contributed by atoms with Gasteiger partial charge in [0.05, 0.1) is 4.88 Å². The average Bonchev–Trinajstić information content (AvgIpc) is 3.34. The van der Waals surface area contributed by atoms with Gasteiger partial charge < -0.3 is 20.4 Å². The number of hydrogen-bond acceptors (Lipinski definition) is 7. The zero-order valence-electron chi connectivity index (χ0n) is 21.3. The van der Waals surface area contributed by atoms with Gasteiger partial charge in [-0.05, 0) is 54.4 Å². The SMILES string of the molecule is CC(C)(C)CC(O)(c1ncc(-c2cccc(Nc3nccc(C(F)(F)F)n3)c2)s1)C1CCN(C(=O)O)CC1. The van der Waals surface area contributed by atoms with Crippen molar-refractivity contribution in [3.63, 3.8) is 0 Å². The number of piperidine rings is 1. The second kappa shape index (κ2) is 10.5. The number of hydrogen-bond donors (Lipinski definition) is 3. The topological polar surface area (TPSA) is 111 Å². The molecule has 0 bridgehead atoms. The standard InChI is InChI=1S/C26H30F3N5O3S/c1-24(2,3)15-25(37,17-8-11-34(12-9-17)23(35)36)21-31-14-19(38-21)16-5-4-6-18(13-16)32-22-30-10-7-20(33-22)26(27,28)29/h4-7,10,13-14,17,37H,8-9,11-12,15H2,1-3H3,(H,35,36)(H,30,32,33). The largest absolute Gasteiger partial charge is 0.465 e. The summed E-state index contributed by atoms with van der Waals surface area (Å²) in [6.07, 6.45) is -1.28. The van der Waals surface area contributed by atoms with Gasteiger partial charge in [0.2, 0.25) is 5.95 Å². The van der Waals surface area contributed by atoms with Crippen molar-refractivity contribution in [3.05, 3.63) is 53.4 Å². The van der Waals surface area contributed by atoms with Gasteiger partial charge in [-0.15, -0.1) is 11.3 Å². The van der Waals surface area contributed by atoms with E-state index in [-0.39, 0.29) is 17.3 Å². The minimum Gasteiger partial charge on any atom is -0.465 e. The molecule has 38 heavy (non-hydrogen) atoms. The van der Waals surface area contributed by atoms with E-state index in [1.54, 1.807) is 24.4 Å². The highest BCUT2D eigenvalue weighted by atomic mass is 32.1. The minimum atomic E-state index is -4.58. The van der Waals surface area contributed by atoms with Crippen LogP contribution in [0, 0.1) is 11.3 Å². The Labute approximate surface area is 222 Å². The summed E-state index contributed by atoms with van der Waals surface area (Å²) in [7, 11) is 0. The maximum Gasteiger partial charge on any atom is 0.433 e. The molecule has 1 aromatic carbocycles. The van der Waals surface area contributed by atoms with E-state index in [0.29, 0.717) is 43.0 Å². The van der Waals surface area contributed by atoms with Crippen molar-refractivity contribution >= 4 is 29.1 Å². The van der Waals surface area contributed by atoms with Crippen LogP contribution >= 0.6 is 11.3 Å². The number of thiazole rings is 1. The van der Waals surface area contributed by atoms with Crippen LogP contribution in [0.3, 0.4) is 0 Å². The molecule has 1 atom stereocenters. The molecule has 3 aromatic rings. The molecule has 1 aliphatic heterocycles. The third-order valence-corrected chi connectivity index (χ3v) is 7.68. The summed E-state index contributed by atoms with van der Waals surface area (Å²) in [5, 5.41) is 24.7. The Bertz CT molecular complexity index is 1290. The van der Waals surface area contributed by atoms with E-state index < -0.39 is 23.6 Å². The van der Waals surface area contributed by atoms with Gasteiger partial charge in [-0.25, -0.2) is 19.7 Å². The highest BCUT2D eigenvalue weighted by Gasteiger charge is 2.45. The molecule has 1 saturated heterocycles. The lowest BCUT2D eigenvalue weighted by atomic mass is 9.72. The average molecular weight is 550 g/mol. The number of aromatic nitrogens is 3. The van der Waals surface area contributed by atoms with Gasteiger partial charge in [0.25, 0.3) is 0 Å². The smallest absolute Gasteiger partial charge is 0.433 e. The summed E-state index contributed by atoms with van der Waals surface area (Å²) in [5.41, 5.74) is -1.20. The van der Waals surface area contributed by atoms with Crippen molar-refractivity contribution in [1.29, 1.82) is 0 Å². The Morgan fingerprint density at radius 3 is 2.50 bits per heavy atom. The van der Waals surface area contributed by atoms with E-state index >= 15 is 0 Å². The van der Waals surface area contributed by atoms with E-state index in [9.17, 15) is 28.2 Å². The molecule has 8 nitrogen and oxygen atoms in total. The number of amides is 1. The van der Waals surface area contributed by atoms with Crippen LogP contribution in [0.15, 0.2) is 42.7 Å². The molecule has 1 fully saturated rings. The molecule has 3 N–H and O–H groups in total. The molecule has 3 heterocycles. The molecular weight excluding hydrogens is 519 g/mol. The molecule has 2 aromatic heterocycles. The third-order valence-electron chi connectivity index (χ3n) is 6.47. The fraction of sp³-hybridized carbons (Fsp3) is 0.462. The molecule has 4 rings (SSSR count). The predicted octanol–water partition coefficient (Wildman–Crippen LogP) is 6.38. The van der Waals surface area contributed by atoms with Gasteiger partial charge in [0.15, 0.2) is 0 Å². The van der Waals surface area contributed by atoms with Crippen molar-refractivity contribution in [2.75, 3.05) is 18.4 Å². The van der Waals surface area contributed by atoms with Crippen molar-refractivity contribution in [3.8, 4) is 10.4 Å². The highest BCUT2D eigenvalue weighted by Crippen LogP contribution is 2.46. The number of nitrogens with zero attached hydrogens (tertiary/aromatic N) is 4. The third kappa shape index (κ3) is 6.41. The molecular formula is C26H30F3N5O3S. The first-order valence-electron chi connectivity index (χ1n) is 12.2. The quantitative estimate of drug-likeness (QED) is 0.327. The van der Waals surface area contributed by atoms with Crippen molar-refractivity contribution < 1.29 is 28.2 Å². The van der Waals surface area contributed by atoms with Crippen molar-refractivity contribution in [1.82, 2.24) is 19.9 Å². The van der Waals surface area contributed by atoms with Gasteiger partial charge in [-0.1, -0.05) is 32.9 Å². The summed E-state index contributed by atoms with van der Waals surface area (Å²) in [6, 6.07) is 7.87. The highest BCUT2D eigenvalue weighted by molar-refractivity contribution is 7.15. The maximum atomic E-state index is 13.0. The van der Waals surface area contributed by atoms with Gasteiger partial charge in [-0.3, -0.25) is 0 Å². The number of alkyl halides is 3. The molecule has 204 valence electrons. The van der Waals surface area contributed by atoms with Crippen LogP contribution < -0.4 is 5.32 Å². The first-order valence-corrected chi connectivity index (χ1v) is 13.0. The van der Waals surface area contributed by atoms with Crippen LogP contribution in [0.1, 0.15) is 50.7 Å². The molecule has 0 spiro atoms. The van der Waals surface area contributed by atoms with Crippen LogP contribution in [-0.2, 0) is 11.8 Å². The number of likely N-dealkylation sites (tertiary alicyclic amines) is 1. The lowest BCUT2D eigenvalue weighted by molar-refractivity contribution is -0.141. The van der Waals surface area contributed by atoms with E-state index in [2.05, 4.69) is 20.3 Å². The van der Waals surface area contributed by atoms with Crippen LogP contribution in [-0.4, -0.2) is 49.2 Å². The molecule has 0 radical (unpaired) electrons. The van der Waals surface area contributed by atoms with E-state index in [1.807, 2.05) is 26.8 Å². The Morgan fingerprint density at radius 1 is 1.16 bits per heavy atom. The van der Waals surface area contributed by atoms with E-state index in [4.69, 9.17) is 0 Å². The number of carboxylic acid groups (broad SMARTS) is 1. The van der Waals surface area contributed by atoms with Crippen molar-refractivity contribution in [2.24, 2.45) is 11.3 Å². The van der Waals surface area contributed by atoms with E-state index in [0.717, 1.165) is 22.7 Å².